The Morgan fingerprint density at radius 1 is 1.22 bits per heavy atom. The molecule has 2 aliphatic heterocycles. The Balaban J connectivity index is 1.67. The second kappa shape index (κ2) is 13.6. The summed E-state index contributed by atoms with van der Waals surface area (Å²) in [5.41, 5.74) is 6.90. The molecule has 3 rings (SSSR count). The van der Waals surface area contributed by atoms with Gasteiger partial charge in [0.1, 0.15) is 12.3 Å². The number of hydrogen-bond donors (Lipinski definition) is 2. The summed E-state index contributed by atoms with van der Waals surface area (Å²) >= 11 is 0. The number of morpholine rings is 1. The van der Waals surface area contributed by atoms with E-state index in [1.165, 1.54) is 19.0 Å². The molecule has 204 valence electrons. The van der Waals surface area contributed by atoms with Gasteiger partial charge in [-0.2, -0.15) is 0 Å². The molecule has 2 saturated heterocycles. The number of unbranched alkanes of at least 4 members (excludes halogenated alkanes) is 1. The Morgan fingerprint density at radius 2 is 1.97 bits per heavy atom. The predicted octanol–water partition coefficient (Wildman–Crippen LogP) is 1.07. The van der Waals surface area contributed by atoms with Crippen LogP contribution in [0.4, 0.5) is 5.69 Å². The third-order valence-electron chi connectivity index (χ3n) is 7.58. The number of piperidine rings is 1. The zero-order valence-corrected chi connectivity index (χ0v) is 22.1. The molecule has 1 atom stereocenters. The second-order valence-electron chi connectivity index (χ2n) is 9.97. The van der Waals surface area contributed by atoms with Crippen LogP contribution in [-0.2, 0) is 14.3 Å². The van der Waals surface area contributed by atoms with Crippen molar-refractivity contribution in [3.05, 3.63) is 29.3 Å². The molecule has 2 heterocycles. The van der Waals surface area contributed by atoms with Gasteiger partial charge >= 0.3 is 0 Å². The maximum absolute atomic E-state index is 13.2. The Kier molecular flexibility index (Phi) is 10.6. The number of amides is 2. The summed E-state index contributed by atoms with van der Waals surface area (Å²) < 4.78 is 6.27. The fraction of sp³-hybridized carbons (Fsp3) is 0.630. The van der Waals surface area contributed by atoms with Gasteiger partial charge in [0.05, 0.1) is 17.8 Å². The Bertz CT molecular complexity index is 947. The van der Waals surface area contributed by atoms with Gasteiger partial charge in [-0.3, -0.25) is 19.3 Å². The van der Waals surface area contributed by atoms with Crippen LogP contribution in [0.25, 0.3) is 0 Å². The number of likely N-dealkylation sites (N-methyl/N-ethyl adjacent to an activating group) is 2. The van der Waals surface area contributed by atoms with Crippen LogP contribution in [-0.4, -0.2) is 106 Å². The van der Waals surface area contributed by atoms with Crippen molar-refractivity contribution in [3.63, 3.8) is 0 Å². The zero-order valence-electron chi connectivity index (χ0n) is 22.1. The smallest absolute Gasteiger partial charge is 0.255 e. The van der Waals surface area contributed by atoms with E-state index in [0.29, 0.717) is 6.29 Å². The van der Waals surface area contributed by atoms with Gasteiger partial charge in [-0.15, -0.1) is 0 Å². The molecule has 1 spiro atoms. The molecular formula is C27H41N5O5. The first-order valence-corrected chi connectivity index (χ1v) is 13.2. The molecule has 0 aromatic heterocycles. The Hall–Kier alpha value is -2.82. The van der Waals surface area contributed by atoms with Crippen LogP contribution < -0.4 is 16.0 Å². The number of benzene rings is 1. The summed E-state index contributed by atoms with van der Waals surface area (Å²) in [7, 11) is 3.00. The van der Waals surface area contributed by atoms with E-state index in [1.807, 2.05) is 6.07 Å². The zero-order chi connectivity index (χ0) is 26.8. The van der Waals surface area contributed by atoms with Gasteiger partial charge in [0.2, 0.25) is 5.91 Å². The highest BCUT2D eigenvalue weighted by molar-refractivity contribution is 6.03. The van der Waals surface area contributed by atoms with Crippen LogP contribution in [0.5, 0.6) is 0 Å². The van der Waals surface area contributed by atoms with Gasteiger partial charge < -0.3 is 30.4 Å². The summed E-state index contributed by atoms with van der Waals surface area (Å²) in [6.45, 7) is 6.00. The minimum absolute atomic E-state index is 0.139. The highest BCUT2D eigenvalue weighted by Gasteiger charge is 2.39. The number of anilines is 1. The van der Waals surface area contributed by atoms with Gasteiger partial charge in [0, 0.05) is 57.9 Å². The van der Waals surface area contributed by atoms with Crippen LogP contribution in [0.15, 0.2) is 18.2 Å². The molecule has 2 fully saturated rings. The van der Waals surface area contributed by atoms with E-state index in [2.05, 4.69) is 15.1 Å². The van der Waals surface area contributed by atoms with Gasteiger partial charge in [-0.1, -0.05) is 0 Å². The predicted molar refractivity (Wildman–Crippen MR) is 142 cm³/mol. The van der Waals surface area contributed by atoms with Crippen molar-refractivity contribution >= 4 is 30.1 Å². The molecule has 1 unspecified atom stereocenters. The number of nitrogens with zero attached hydrogens (tertiary/aromatic N) is 3. The van der Waals surface area contributed by atoms with Crippen molar-refractivity contribution in [2.24, 2.45) is 5.73 Å². The van der Waals surface area contributed by atoms with E-state index in [4.69, 9.17) is 10.5 Å². The molecule has 3 N–H and O–H groups in total. The lowest BCUT2D eigenvalue weighted by atomic mass is 9.88. The number of aldehydes is 2. The molecule has 37 heavy (non-hydrogen) atoms. The average Bonchev–Trinajstić information content (AvgIpc) is 2.93. The summed E-state index contributed by atoms with van der Waals surface area (Å²) in [5.74, 6) is -0.789. The minimum atomic E-state index is -0.800. The van der Waals surface area contributed by atoms with Crippen LogP contribution >= 0.6 is 0 Å². The third-order valence-corrected chi connectivity index (χ3v) is 7.58. The van der Waals surface area contributed by atoms with Crippen LogP contribution in [0.3, 0.4) is 0 Å². The normalized spacial score (nSPS) is 18.3. The molecule has 0 bridgehead atoms. The summed E-state index contributed by atoms with van der Waals surface area (Å²) in [4.78, 5) is 54.3. The van der Waals surface area contributed by atoms with Crippen LogP contribution in [0.1, 0.15) is 59.2 Å². The molecule has 10 heteroatoms. The molecule has 0 saturated carbocycles. The van der Waals surface area contributed by atoms with E-state index in [9.17, 15) is 19.2 Å². The molecule has 0 aliphatic carbocycles. The van der Waals surface area contributed by atoms with Crippen molar-refractivity contribution in [2.75, 3.05) is 64.9 Å². The summed E-state index contributed by atoms with van der Waals surface area (Å²) in [6, 6.07) is 4.45. The lowest BCUT2D eigenvalue weighted by Gasteiger charge is -2.48. The molecule has 0 radical (unpaired) electrons. The number of nitrogens with one attached hydrogen (secondary N) is 1. The van der Waals surface area contributed by atoms with E-state index in [0.717, 1.165) is 83.5 Å². The third kappa shape index (κ3) is 7.15. The van der Waals surface area contributed by atoms with E-state index < -0.39 is 11.9 Å². The first-order chi connectivity index (χ1) is 17.9. The summed E-state index contributed by atoms with van der Waals surface area (Å²) in [6.07, 6.45) is 5.70. The van der Waals surface area contributed by atoms with Crippen molar-refractivity contribution in [3.8, 4) is 0 Å². The van der Waals surface area contributed by atoms with Gasteiger partial charge in [-0.05, 0) is 63.4 Å². The second-order valence-corrected chi connectivity index (χ2v) is 9.97. The number of ether oxygens (including phenoxy) is 1. The number of nitrogens with two attached hydrogens (primary N) is 1. The van der Waals surface area contributed by atoms with Crippen molar-refractivity contribution < 1.29 is 23.9 Å². The summed E-state index contributed by atoms with van der Waals surface area (Å²) in [5, 5.41) is 2.54. The standard InChI is InChI=1S/C27H41N5O5/c1-29-25(35)24(6-5-16-33)30(2)26(36)23-8-7-22(18-21(23)19-34)32-13-9-27(10-14-32)20-31(15-17-37-27)12-4-3-11-28/h7-8,16,18-19,24H,3-6,9-15,17,20,28H2,1-2H3,(H,29,35). The van der Waals surface area contributed by atoms with E-state index >= 15 is 0 Å². The van der Waals surface area contributed by atoms with Crippen LogP contribution in [0, 0.1) is 0 Å². The van der Waals surface area contributed by atoms with E-state index in [1.54, 1.807) is 12.1 Å². The average molecular weight is 516 g/mol. The van der Waals surface area contributed by atoms with Gasteiger partial charge in [-0.25, -0.2) is 0 Å². The highest BCUT2D eigenvalue weighted by Crippen LogP contribution is 2.33. The monoisotopic (exact) mass is 515 g/mol. The van der Waals surface area contributed by atoms with Crippen molar-refractivity contribution in [1.82, 2.24) is 15.1 Å². The number of rotatable bonds is 12. The van der Waals surface area contributed by atoms with Gasteiger partial charge in [0.25, 0.3) is 5.91 Å². The first-order valence-electron chi connectivity index (χ1n) is 13.2. The Morgan fingerprint density at radius 3 is 2.62 bits per heavy atom. The number of hydrogen-bond acceptors (Lipinski definition) is 8. The number of carbonyl (C=O) groups excluding carboxylic acids is 4. The maximum atomic E-state index is 13.2. The van der Waals surface area contributed by atoms with E-state index in [-0.39, 0.29) is 35.5 Å². The quantitative estimate of drug-likeness (QED) is 0.313. The highest BCUT2D eigenvalue weighted by atomic mass is 16.5. The van der Waals surface area contributed by atoms with Crippen molar-refractivity contribution in [1.29, 1.82) is 0 Å². The lowest BCUT2D eigenvalue weighted by Crippen LogP contribution is -2.57. The fourth-order valence-electron chi connectivity index (χ4n) is 5.33. The SMILES string of the molecule is CNC(=O)C(CCC=O)N(C)C(=O)c1ccc(N2CCC3(CC2)CN(CCCCN)CCO3)cc1C=O. The molecule has 10 nitrogen and oxygen atoms in total. The Labute approximate surface area is 219 Å². The van der Waals surface area contributed by atoms with Crippen molar-refractivity contribution in [2.45, 2.75) is 50.2 Å². The minimum Gasteiger partial charge on any atom is -0.372 e. The fourth-order valence-corrected chi connectivity index (χ4v) is 5.33. The molecule has 1 aromatic rings. The molecule has 2 amide bonds. The maximum Gasteiger partial charge on any atom is 0.255 e. The van der Waals surface area contributed by atoms with Crippen LogP contribution in [0.2, 0.25) is 0 Å². The molecule has 1 aromatic carbocycles. The lowest BCUT2D eigenvalue weighted by molar-refractivity contribution is -0.125. The largest absolute Gasteiger partial charge is 0.372 e. The molecular weight excluding hydrogens is 474 g/mol. The molecule has 2 aliphatic rings. The first kappa shape index (κ1) is 28.7. The topological polar surface area (TPSA) is 125 Å². The van der Waals surface area contributed by atoms with Gasteiger partial charge in [0.15, 0.2) is 6.29 Å². The number of carbonyl (C=O) groups is 4.